The monoisotopic (exact) mass is 287 g/mol. The van der Waals surface area contributed by atoms with Crippen LogP contribution in [0, 0.1) is 12.3 Å². The van der Waals surface area contributed by atoms with Crippen LogP contribution >= 0.6 is 0 Å². The highest BCUT2D eigenvalue weighted by Gasteiger charge is 2.35. The van der Waals surface area contributed by atoms with Crippen LogP contribution in [0.2, 0.25) is 0 Å². The summed E-state index contributed by atoms with van der Waals surface area (Å²) in [5.41, 5.74) is 2.12. The number of benzene rings is 1. The van der Waals surface area contributed by atoms with E-state index in [1.54, 1.807) is 6.92 Å². The smallest absolute Gasteiger partial charge is 0.408 e. The molecule has 2 unspecified atom stereocenters. The Morgan fingerprint density at radius 2 is 2.29 bits per heavy atom. The highest BCUT2D eigenvalue weighted by molar-refractivity contribution is 5.80. The first kappa shape index (κ1) is 15.4. The Labute approximate surface area is 125 Å². The average Bonchev–Trinajstić information content (AvgIpc) is 3.06. The summed E-state index contributed by atoms with van der Waals surface area (Å²) in [6.45, 7) is 2.05. The van der Waals surface area contributed by atoms with Crippen molar-refractivity contribution in [1.82, 2.24) is 5.32 Å². The fourth-order valence-electron chi connectivity index (χ4n) is 2.56. The molecule has 1 fully saturated rings. The number of hydrogen-bond donors (Lipinski definition) is 2. The molecule has 0 aromatic heterocycles. The van der Waals surface area contributed by atoms with E-state index in [2.05, 4.69) is 35.5 Å². The summed E-state index contributed by atoms with van der Waals surface area (Å²) < 4.78 is 4.78. The van der Waals surface area contributed by atoms with E-state index in [-0.39, 0.29) is 0 Å². The molecule has 3 aliphatic carbocycles. The van der Waals surface area contributed by atoms with Crippen LogP contribution in [0.5, 0.6) is 0 Å². The van der Waals surface area contributed by atoms with Gasteiger partial charge in [-0.25, -0.2) is 4.79 Å². The summed E-state index contributed by atoms with van der Waals surface area (Å²) >= 11 is 0. The molecule has 0 aliphatic heterocycles. The van der Waals surface area contributed by atoms with Crippen molar-refractivity contribution in [2.75, 3.05) is 6.61 Å². The van der Waals surface area contributed by atoms with Gasteiger partial charge in [0.25, 0.3) is 0 Å². The number of nitrogens with one attached hydrogen (secondary N) is 1. The van der Waals surface area contributed by atoms with Gasteiger partial charge in [-0.3, -0.25) is 0 Å². The van der Waals surface area contributed by atoms with Crippen molar-refractivity contribution in [3.05, 3.63) is 24.3 Å². The summed E-state index contributed by atoms with van der Waals surface area (Å²) in [5, 5.41) is 12.2. The van der Waals surface area contributed by atoms with E-state index < -0.39 is 17.7 Å². The third-order valence-electron chi connectivity index (χ3n) is 3.73. The molecular weight excluding hydrogens is 266 g/mol. The highest BCUT2D eigenvalue weighted by Crippen LogP contribution is 2.32. The average molecular weight is 287 g/mol. The molecule has 0 bridgehead atoms. The van der Waals surface area contributed by atoms with Gasteiger partial charge < -0.3 is 15.2 Å². The number of ether oxygens (including phenoxy) is 1. The fraction of sp³-hybridized carbons (Fsp3) is 0.471. The lowest BCUT2D eigenvalue weighted by Crippen LogP contribution is -2.51. The quantitative estimate of drug-likeness (QED) is 0.835. The summed E-state index contributed by atoms with van der Waals surface area (Å²) in [7, 11) is 0. The minimum Gasteiger partial charge on any atom is -0.450 e. The highest BCUT2D eigenvalue weighted by atomic mass is 16.5. The van der Waals surface area contributed by atoms with Gasteiger partial charge in [-0.15, -0.1) is 6.42 Å². The number of carbonyl (C=O) groups excluding carboxylic acids is 1. The summed E-state index contributed by atoms with van der Waals surface area (Å²) in [6.07, 6.45) is 7.13. The maximum Gasteiger partial charge on any atom is 0.408 e. The topological polar surface area (TPSA) is 58.6 Å². The molecule has 2 atom stereocenters. The number of hydrogen-bond acceptors (Lipinski definition) is 3. The Bertz CT molecular complexity index is 532. The van der Waals surface area contributed by atoms with E-state index in [0.717, 1.165) is 12.8 Å². The predicted molar refractivity (Wildman–Crippen MR) is 81.6 cm³/mol. The van der Waals surface area contributed by atoms with Gasteiger partial charge in [-0.05, 0) is 43.4 Å². The molecule has 0 saturated heterocycles. The number of rotatable bonds is 2. The zero-order valence-corrected chi connectivity index (χ0v) is 12.3. The number of amides is 1. The third-order valence-corrected chi connectivity index (χ3v) is 3.73. The van der Waals surface area contributed by atoms with E-state index >= 15 is 0 Å². The van der Waals surface area contributed by atoms with Crippen molar-refractivity contribution in [3.63, 3.8) is 0 Å². The standard InChI is InChI=1S/C11H17NO3.C6H4/c1-3-11(12-10(14)15-4-2)7-5-6-9(13)8-11;1-2-5-4-6(5)3-1/h1,9,13H,4-8H2,2H3,(H,12,14);1-4H. The molecule has 0 aromatic carbocycles. The Morgan fingerprint density at radius 1 is 1.57 bits per heavy atom. The van der Waals surface area contributed by atoms with Crippen LogP contribution in [-0.4, -0.2) is 29.4 Å². The summed E-state index contributed by atoms with van der Waals surface area (Å²) in [5.74, 6) is 2.57. The van der Waals surface area contributed by atoms with Gasteiger partial charge in [0, 0.05) is 6.42 Å². The van der Waals surface area contributed by atoms with Crippen molar-refractivity contribution in [1.29, 1.82) is 0 Å². The second kappa shape index (κ2) is 6.64. The molecule has 2 N–H and O–H groups in total. The van der Waals surface area contributed by atoms with Crippen LogP contribution in [0.25, 0.3) is 11.1 Å². The third kappa shape index (κ3) is 4.24. The zero-order valence-electron chi connectivity index (χ0n) is 12.3. The number of alkyl carbamates (subject to hydrolysis) is 1. The molecule has 0 radical (unpaired) electrons. The zero-order chi connectivity index (χ0) is 15.3. The minimum atomic E-state index is -0.732. The molecule has 21 heavy (non-hydrogen) atoms. The van der Waals surface area contributed by atoms with E-state index in [9.17, 15) is 9.90 Å². The normalized spacial score (nSPS) is 24.9. The molecule has 112 valence electrons. The van der Waals surface area contributed by atoms with Gasteiger partial charge in [-0.1, -0.05) is 24.1 Å². The molecule has 0 aromatic rings. The van der Waals surface area contributed by atoms with Gasteiger partial charge in [0.2, 0.25) is 0 Å². The summed E-state index contributed by atoms with van der Waals surface area (Å²) in [4.78, 5) is 11.3. The molecule has 0 heterocycles. The van der Waals surface area contributed by atoms with E-state index in [1.165, 1.54) is 11.1 Å². The molecule has 3 rings (SSSR count). The van der Waals surface area contributed by atoms with Crippen LogP contribution < -0.4 is 5.32 Å². The second-order valence-electron chi connectivity index (χ2n) is 5.40. The van der Waals surface area contributed by atoms with E-state index in [4.69, 9.17) is 11.2 Å². The maximum atomic E-state index is 11.3. The molecule has 1 saturated carbocycles. The summed E-state index contributed by atoms with van der Waals surface area (Å²) in [6, 6.07) is 8.48. The van der Waals surface area contributed by atoms with E-state index in [0.29, 0.717) is 19.4 Å². The van der Waals surface area contributed by atoms with Gasteiger partial charge in [0.15, 0.2) is 0 Å². The Hall–Kier alpha value is -1.99. The first-order valence-corrected chi connectivity index (χ1v) is 7.30. The van der Waals surface area contributed by atoms with Crippen LogP contribution in [-0.2, 0) is 4.74 Å². The number of carbonyl (C=O) groups is 1. The lowest BCUT2D eigenvalue weighted by Gasteiger charge is -2.35. The van der Waals surface area contributed by atoms with Crippen molar-refractivity contribution in [2.24, 2.45) is 0 Å². The molecule has 4 nitrogen and oxygen atoms in total. The Balaban J connectivity index is 0.000000218. The van der Waals surface area contributed by atoms with Crippen molar-refractivity contribution in [3.8, 4) is 23.5 Å². The van der Waals surface area contributed by atoms with Crippen LogP contribution in [0.3, 0.4) is 0 Å². The molecular formula is C17H21NO3. The number of terminal acetylenes is 1. The number of aliphatic hydroxyl groups excluding tert-OH is 1. The van der Waals surface area contributed by atoms with Crippen molar-refractivity contribution >= 4 is 6.09 Å². The van der Waals surface area contributed by atoms with Crippen molar-refractivity contribution < 1.29 is 14.6 Å². The SMILES string of the molecule is C#CC1(NC(=O)OCC)CCCC(O)C1.c1cc2cc-2c1. The Kier molecular flexibility index (Phi) is 4.87. The number of fused-ring (bicyclic) bond motifs is 1. The second-order valence-corrected chi connectivity index (χ2v) is 5.40. The van der Waals surface area contributed by atoms with Gasteiger partial charge in [0.05, 0.1) is 12.7 Å². The molecule has 1 amide bonds. The lowest BCUT2D eigenvalue weighted by molar-refractivity contribution is 0.0848. The first-order chi connectivity index (χ1) is 10.1. The van der Waals surface area contributed by atoms with Gasteiger partial charge in [-0.2, -0.15) is 0 Å². The maximum absolute atomic E-state index is 11.3. The Morgan fingerprint density at radius 3 is 2.71 bits per heavy atom. The first-order valence-electron chi connectivity index (χ1n) is 7.30. The van der Waals surface area contributed by atoms with Crippen LogP contribution in [0.15, 0.2) is 24.3 Å². The van der Waals surface area contributed by atoms with Crippen LogP contribution in [0.4, 0.5) is 4.79 Å². The van der Waals surface area contributed by atoms with Gasteiger partial charge >= 0.3 is 6.09 Å². The fourth-order valence-corrected chi connectivity index (χ4v) is 2.56. The lowest BCUT2D eigenvalue weighted by atomic mass is 9.81. The number of aliphatic hydroxyl groups is 1. The van der Waals surface area contributed by atoms with Crippen LogP contribution in [0.1, 0.15) is 32.6 Å². The minimum absolute atomic E-state index is 0.315. The van der Waals surface area contributed by atoms with Crippen molar-refractivity contribution in [2.45, 2.75) is 44.2 Å². The molecule has 3 aliphatic rings. The predicted octanol–water partition coefficient (Wildman–Crippen LogP) is 2.71. The van der Waals surface area contributed by atoms with Gasteiger partial charge in [0.1, 0.15) is 5.54 Å². The molecule has 4 heteroatoms. The largest absolute Gasteiger partial charge is 0.450 e. The molecule has 0 spiro atoms. The van der Waals surface area contributed by atoms with E-state index in [1.807, 2.05) is 0 Å².